The van der Waals surface area contributed by atoms with Crippen LogP contribution < -0.4 is 5.73 Å². The molecule has 3 atom stereocenters. The van der Waals surface area contributed by atoms with Crippen LogP contribution in [0.25, 0.3) is 0 Å². The quantitative estimate of drug-likeness (QED) is 0.762. The molecule has 0 aromatic carbocycles. The number of rotatable bonds is 2. The molecule has 90 valence electrons. The van der Waals surface area contributed by atoms with Crippen LogP contribution in [0.2, 0.25) is 0 Å². The van der Waals surface area contributed by atoms with Gasteiger partial charge < -0.3 is 5.73 Å². The number of piperidine rings is 1. The average molecular weight is 212 g/mol. The SMILES string of the molecule is CCC1CC(CC)N(C(C)(C)C)CC1N. The van der Waals surface area contributed by atoms with Crippen LogP contribution in [-0.4, -0.2) is 29.1 Å². The van der Waals surface area contributed by atoms with E-state index in [4.69, 9.17) is 5.73 Å². The van der Waals surface area contributed by atoms with Crippen molar-refractivity contribution in [1.82, 2.24) is 4.90 Å². The summed E-state index contributed by atoms with van der Waals surface area (Å²) >= 11 is 0. The fraction of sp³-hybridized carbons (Fsp3) is 1.00. The first-order chi connectivity index (χ1) is 6.90. The van der Waals surface area contributed by atoms with E-state index >= 15 is 0 Å². The molecule has 15 heavy (non-hydrogen) atoms. The third-order valence-corrected chi connectivity index (χ3v) is 3.89. The smallest absolute Gasteiger partial charge is 0.0197 e. The molecule has 1 aliphatic rings. The third kappa shape index (κ3) is 2.94. The van der Waals surface area contributed by atoms with Crippen LogP contribution in [-0.2, 0) is 0 Å². The summed E-state index contributed by atoms with van der Waals surface area (Å²) in [5, 5.41) is 0. The Balaban J connectivity index is 2.74. The van der Waals surface area contributed by atoms with Crippen molar-refractivity contribution in [2.45, 2.75) is 71.5 Å². The molecule has 0 bridgehead atoms. The lowest BCUT2D eigenvalue weighted by atomic mass is 9.82. The van der Waals surface area contributed by atoms with E-state index < -0.39 is 0 Å². The zero-order valence-corrected chi connectivity index (χ0v) is 11.1. The molecular weight excluding hydrogens is 184 g/mol. The summed E-state index contributed by atoms with van der Waals surface area (Å²) in [6, 6.07) is 1.10. The Morgan fingerprint density at radius 3 is 2.20 bits per heavy atom. The molecule has 0 aromatic rings. The molecule has 0 aliphatic carbocycles. The van der Waals surface area contributed by atoms with E-state index in [0.717, 1.165) is 18.5 Å². The molecule has 1 rings (SSSR count). The Labute approximate surface area is 95.2 Å². The second kappa shape index (κ2) is 4.84. The highest BCUT2D eigenvalue weighted by Gasteiger charge is 2.36. The third-order valence-electron chi connectivity index (χ3n) is 3.89. The van der Waals surface area contributed by atoms with Gasteiger partial charge in [0.2, 0.25) is 0 Å². The lowest BCUT2D eigenvalue weighted by Crippen LogP contribution is -2.59. The van der Waals surface area contributed by atoms with Gasteiger partial charge in [-0.15, -0.1) is 0 Å². The van der Waals surface area contributed by atoms with Crippen molar-refractivity contribution < 1.29 is 0 Å². The normalized spacial score (nSPS) is 34.4. The predicted molar refractivity (Wildman–Crippen MR) is 66.9 cm³/mol. The van der Waals surface area contributed by atoms with Gasteiger partial charge in [-0.2, -0.15) is 0 Å². The van der Waals surface area contributed by atoms with Crippen LogP contribution in [0, 0.1) is 5.92 Å². The van der Waals surface area contributed by atoms with Gasteiger partial charge in [0.05, 0.1) is 0 Å². The highest BCUT2D eigenvalue weighted by atomic mass is 15.2. The lowest BCUT2D eigenvalue weighted by Gasteiger charge is -2.49. The first-order valence-electron chi connectivity index (χ1n) is 6.42. The van der Waals surface area contributed by atoms with Crippen LogP contribution in [0.5, 0.6) is 0 Å². The Hall–Kier alpha value is -0.0800. The van der Waals surface area contributed by atoms with E-state index in [-0.39, 0.29) is 5.54 Å². The Kier molecular flexibility index (Phi) is 4.19. The number of hydrogen-bond donors (Lipinski definition) is 1. The van der Waals surface area contributed by atoms with Crippen LogP contribution in [0.15, 0.2) is 0 Å². The molecule has 1 aliphatic heterocycles. The van der Waals surface area contributed by atoms with Gasteiger partial charge in [0.25, 0.3) is 0 Å². The van der Waals surface area contributed by atoms with Crippen molar-refractivity contribution in [2.75, 3.05) is 6.54 Å². The first kappa shape index (κ1) is 13.0. The van der Waals surface area contributed by atoms with Crippen molar-refractivity contribution in [1.29, 1.82) is 0 Å². The van der Waals surface area contributed by atoms with E-state index in [2.05, 4.69) is 39.5 Å². The maximum Gasteiger partial charge on any atom is 0.0197 e. The molecule has 2 heteroatoms. The number of nitrogens with two attached hydrogens (primary N) is 1. The first-order valence-corrected chi connectivity index (χ1v) is 6.42. The summed E-state index contributed by atoms with van der Waals surface area (Å²) in [6.45, 7) is 12.5. The molecule has 0 saturated carbocycles. The van der Waals surface area contributed by atoms with Crippen molar-refractivity contribution >= 4 is 0 Å². The van der Waals surface area contributed by atoms with Crippen LogP contribution in [0.3, 0.4) is 0 Å². The zero-order chi connectivity index (χ0) is 11.6. The molecule has 2 N–H and O–H groups in total. The summed E-state index contributed by atoms with van der Waals surface area (Å²) in [5.41, 5.74) is 6.51. The Morgan fingerprint density at radius 1 is 1.20 bits per heavy atom. The Bertz CT molecular complexity index is 195. The van der Waals surface area contributed by atoms with Crippen LogP contribution >= 0.6 is 0 Å². The monoisotopic (exact) mass is 212 g/mol. The van der Waals surface area contributed by atoms with Gasteiger partial charge in [0, 0.05) is 24.2 Å². The molecule has 0 amide bonds. The summed E-state index contributed by atoms with van der Waals surface area (Å²) in [5.74, 6) is 0.730. The van der Waals surface area contributed by atoms with Gasteiger partial charge in [-0.1, -0.05) is 20.3 Å². The molecule has 1 saturated heterocycles. The van der Waals surface area contributed by atoms with Crippen LogP contribution in [0.4, 0.5) is 0 Å². The van der Waals surface area contributed by atoms with Gasteiger partial charge in [0.15, 0.2) is 0 Å². The molecule has 1 fully saturated rings. The van der Waals surface area contributed by atoms with Crippen molar-refractivity contribution in [3.8, 4) is 0 Å². The maximum absolute atomic E-state index is 6.25. The minimum Gasteiger partial charge on any atom is -0.326 e. The summed E-state index contributed by atoms with van der Waals surface area (Å²) in [6.07, 6.45) is 3.77. The van der Waals surface area contributed by atoms with Gasteiger partial charge >= 0.3 is 0 Å². The van der Waals surface area contributed by atoms with Gasteiger partial charge in [0.1, 0.15) is 0 Å². The van der Waals surface area contributed by atoms with E-state index in [9.17, 15) is 0 Å². The predicted octanol–water partition coefficient (Wildman–Crippen LogP) is 2.62. The number of likely N-dealkylation sites (tertiary alicyclic amines) is 1. The van der Waals surface area contributed by atoms with Crippen molar-refractivity contribution in [3.05, 3.63) is 0 Å². The summed E-state index contributed by atoms with van der Waals surface area (Å²) < 4.78 is 0. The molecule has 1 heterocycles. The molecular formula is C13H28N2. The van der Waals surface area contributed by atoms with E-state index in [1.165, 1.54) is 19.3 Å². The fourth-order valence-corrected chi connectivity index (χ4v) is 2.85. The number of nitrogens with zero attached hydrogens (tertiary/aromatic N) is 1. The summed E-state index contributed by atoms with van der Waals surface area (Å²) in [7, 11) is 0. The van der Waals surface area contributed by atoms with E-state index in [0.29, 0.717) is 6.04 Å². The largest absolute Gasteiger partial charge is 0.326 e. The topological polar surface area (TPSA) is 29.3 Å². The van der Waals surface area contributed by atoms with Gasteiger partial charge in [-0.25, -0.2) is 0 Å². The van der Waals surface area contributed by atoms with Gasteiger partial charge in [-0.05, 0) is 39.5 Å². The second-order valence-electron chi connectivity index (χ2n) is 5.95. The molecule has 2 nitrogen and oxygen atoms in total. The minimum atomic E-state index is 0.261. The highest BCUT2D eigenvalue weighted by Crippen LogP contribution is 2.31. The minimum absolute atomic E-state index is 0.261. The molecule has 3 unspecified atom stereocenters. The number of hydrogen-bond acceptors (Lipinski definition) is 2. The van der Waals surface area contributed by atoms with E-state index in [1.54, 1.807) is 0 Å². The molecule has 0 aromatic heterocycles. The zero-order valence-electron chi connectivity index (χ0n) is 11.1. The maximum atomic E-state index is 6.25. The van der Waals surface area contributed by atoms with E-state index in [1.807, 2.05) is 0 Å². The van der Waals surface area contributed by atoms with Gasteiger partial charge in [-0.3, -0.25) is 4.90 Å². The molecule has 0 spiro atoms. The summed E-state index contributed by atoms with van der Waals surface area (Å²) in [4.78, 5) is 2.60. The van der Waals surface area contributed by atoms with Crippen molar-refractivity contribution in [3.63, 3.8) is 0 Å². The highest BCUT2D eigenvalue weighted by molar-refractivity contribution is 4.93. The average Bonchev–Trinajstić information content (AvgIpc) is 2.16. The standard InChI is InChI=1S/C13H28N2/c1-6-10-8-11(7-2)15(9-12(10)14)13(3,4)5/h10-12H,6-9,14H2,1-5H3. The van der Waals surface area contributed by atoms with Crippen molar-refractivity contribution in [2.24, 2.45) is 11.7 Å². The lowest BCUT2D eigenvalue weighted by molar-refractivity contribution is 0.0161. The molecule has 0 radical (unpaired) electrons. The Morgan fingerprint density at radius 2 is 1.80 bits per heavy atom. The second-order valence-corrected chi connectivity index (χ2v) is 5.95. The van der Waals surface area contributed by atoms with Crippen LogP contribution in [0.1, 0.15) is 53.9 Å². The fourth-order valence-electron chi connectivity index (χ4n) is 2.85.